The Hall–Kier alpha value is -1.53. The molecule has 0 aliphatic carbocycles. The van der Waals surface area contributed by atoms with Gasteiger partial charge < -0.3 is 15.8 Å². The van der Waals surface area contributed by atoms with Crippen molar-refractivity contribution in [2.45, 2.75) is 38.3 Å². The number of carbonyl (C=O) groups is 1. The molecule has 0 saturated carbocycles. The normalized spacial score (nSPS) is 18.7. The fourth-order valence-electron chi connectivity index (χ4n) is 2.74. The van der Waals surface area contributed by atoms with Crippen LogP contribution < -0.4 is 11.1 Å². The third-order valence-corrected chi connectivity index (χ3v) is 4.14. The van der Waals surface area contributed by atoms with E-state index in [-0.39, 0.29) is 17.4 Å². The molecule has 2 unspecified atom stereocenters. The van der Waals surface area contributed by atoms with Gasteiger partial charge in [0.15, 0.2) is 0 Å². The van der Waals surface area contributed by atoms with Gasteiger partial charge in [0.1, 0.15) is 11.6 Å². The topological polar surface area (TPSA) is 64.4 Å². The van der Waals surface area contributed by atoms with E-state index in [9.17, 15) is 13.6 Å². The zero-order valence-electron chi connectivity index (χ0n) is 12.6. The lowest BCUT2D eigenvalue weighted by molar-refractivity contribution is -0.125. The molecule has 1 saturated heterocycles. The second-order valence-electron chi connectivity index (χ2n) is 5.61. The molecule has 22 heavy (non-hydrogen) atoms. The van der Waals surface area contributed by atoms with Crippen molar-refractivity contribution in [1.29, 1.82) is 0 Å². The molecule has 122 valence electrons. The molecule has 2 rings (SSSR count). The number of hydrogen-bond acceptors (Lipinski definition) is 3. The molecular weight excluding hydrogens is 290 g/mol. The highest BCUT2D eigenvalue weighted by Crippen LogP contribution is 2.22. The minimum Gasteiger partial charge on any atom is -0.381 e. The molecule has 1 heterocycles. The highest BCUT2D eigenvalue weighted by atomic mass is 19.1. The standard InChI is InChI=1S/C16H22F2N2O2/c1-2-14(12-4-3-11(17)9-13(12)18)20-16(21)15(19)10-5-7-22-8-6-10/h3-4,9-10,14-15H,2,5-8,19H2,1H3,(H,20,21). The number of rotatable bonds is 5. The molecule has 0 radical (unpaired) electrons. The number of nitrogens with one attached hydrogen (secondary N) is 1. The van der Waals surface area contributed by atoms with Gasteiger partial charge in [-0.1, -0.05) is 13.0 Å². The minimum absolute atomic E-state index is 0.0734. The molecule has 1 aromatic rings. The van der Waals surface area contributed by atoms with Gasteiger partial charge in [-0.3, -0.25) is 4.79 Å². The highest BCUT2D eigenvalue weighted by molar-refractivity contribution is 5.82. The summed E-state index contributed by atoms with van der Waals surface area (Å²) < 4.78 is 32.1. The van der Waals surface area contributed by atoms with Crippen LogP contribution >= 0.6 is 0 Å². The van der Waals surface area contributed by atoms with Gasteiger partial charge in [0.05, 0.1) is 12.1 Å². The predicted octanol–water partition coefficient (Wildman–Crippen LogP) is 2.29. The van der Waals surface area contributed by atoms with Crippen molar-refractivity contribution in [2.24, 2.45) is 11.7 Å². The molecule has 0 spiro atoms. The SMILES string of the molecule is CCC(NC(=O)C(N)C1CCOCC1)c1ccc(F)cc1F. The Bertz CT molecular complexity index is 519. The highest BCUT2D eigenvalue weighted by Gasteiger charge is 2.28. The van der Waals surface area contributed by atoms with E-state index in [0.717, 1.165) is 18.9 Å². The van der Waals surface area contributed by atoms with Crippen LogP contribution in [0.25, 0.3) is 0 Å². The summed E-state index contributed by atoms with van der Waals surface area (Å²) in [5, 5.41) is 2.77. The van der Waals surface area contributed by atoms with Gasteiger partial charge >= 0.3 is 0 Å². The molecule has 0 bridgehead atoms. The van der Waals surface area contributed by atoms with Gasteiger partial charge in [0, 0.05) is 24.8 Å². The molecule has 1 aliphatic rings. The maximum absolute atomic E-state index is 13.9. The van der Waals surface area contributed by atoms with Crippen molar-refractivity contribution in [3.05, 3.63) is 35.4 Å². The van der Waals surface area contributed by atoms with Crippen LogP contribution in [0.2, 0.25) is 0 Å². The maximum atomic E-state index is 13.9. The van der Waals surface area contributed by atoms with E-state index in [1.54, 1.807) is 0 Å². The number of amides is 1. The lowest BCUT2D eigenvalue weighted by atomic mass is 9.91. The van der Waals surface area contributed by atoms with Crippen LogP contribution in [0.3, 0.4) is 0 Å². The number of halogens is 2. The average molecular weight is 312 g/mol. The van der Waals surface area contributed by atoms with E-state index in [0.29, 0.717) is 19.6 Å². The molecule has 1 aromatic carbocycles. The Balaban J connectivity index is 2.03. The quantitative estimate of drug-likeness (QED) is 0.877. The van der Waals surface area contributed by atoms with Crippen LogP contribution in [0.1, 0.15) is 37.8 Å². The second-order valence-corrected chi connectivity index (χ2v) is 5.61. The van der Waals surface area contributed by atoms with Crippen molar-refractivity contribution in [3.8, 4) is 0 Å². The maximum Gasteiger partial charge on any atom is 0.237 e. The first kappa shape index (κ1) is 16.8. The smallest absolute Gasteiger partial charge is 0.237 e. The first-order valence-corrected chi connectivity index (χ1v) is 7.61. The second kappa shape index (κ2) is 7.65. The summed E-state index contributed by atoms with van der Waals surface area (Å²) in [6, 6.07) is 2.22. The number of nitrogens with two attached hydrogens (primary N) is 1. The van der Waals surface area contributed by atoms with Crippen LogP contribution in [-0.4, -0.2) is 25.2 Å². The van der Waals surface area contributed by atoms with E-state index >= 15 is 0 Å². The Labute approximate surface area is 129 Å². The Morgan fingerprint density at radius 1 is 1.41 bits per heavy atom. The molecule has 0 aromatic heterocycles. The van der Waals surface area contributed by atoms with Gasteiger partial charge in [-0.15, -0.1) is 0 Å². The summed E-state index contributed by atoms with van der Waals surface area (Å²) in [4.78, 5) is 12.3. The third-order valence-electron chi connectivity index (χ3n) is 4.14. The van der Waals surface area contributed by atoms with Crippen LogP contribution in [-0.2, 0) is 9.53 Å². The van der Waals surface area contributed by atoms with E-state index < -0.39 is 23.7 Å². The van der Waals surface area contributed by atoms with Gasteiger partial charge in [-0.25, -0.2) is 8.78 Å². The van der Waals surface area contributed by atoms with Gasteiger partial charge in [0.25, 0.3) is 0 Å². The van der Waals surface area contributed by atoms with E-state index in [1.165, 1.54) is 12.1 Å². The monoisotopic (exact) mass is 312 g/mol. The zero-order valence-corrected chi connectivity index (χ0v) is 12.6. The van der Waals surface area contributed by atoms with Crippen LogP contribution in [0.5, 0.6) is 0 Å². The van der Waals surface area contributed by atoms with Crippen LogP contribution in [0.15, 0.2) is 18.2 Å². The number of benzene rings is 1. The molecular formula is C16H22F2N2O2. The Morgan fingerprint density at radius 3 is 2.68 bits per heavy atom. The number of hydrogen-bond donors (Lipinski definition) is 2. The van der Waals surface area contributed by atoms with E-state index in [4.69, 9.17) is 10.5 Å². The van der Waals surface area contributed by atoms with Gasteiger partial charge in [-0.05, 0) is 31.2 Å². The van der Waals surface area contributed by atoms with Crippen molar-refractivity contribution in [1.82, 2.24) is 5.32 Å². The molecule has 1 aliphatic heterocycles. The minimum atomic E-state index is -0.660. The van der Waals surface area contributed by atoms with Gasteiger partial charge in [0.2, 0.25) is 5.91 Å². The van der Waals surface area contributed by atoms with Crippen molar-refractivity contribution in [2.75, 3.05) is 13.2 Å². The van der Waals surface area contributed by atoms with E-state index in [2.05, 4.69) is 5.32 Å². The fraction of sp³-hybridized carbons (Fsp3) is 0.562. The number of ether oxygens (including phenoxy) is 1. The first-order valence-electron chi connectivity index (χ1n) is 7.61. The van der Waals surface area contributed by atoms with Crippen molar-refractivity contribution >= 4 is 5.91 Å². The summed E-state index contributed by atoms with van der Waals surface area (Å²) in [5.41, 5.74) is 6.29. The first-order chi connectivity index (χ1) is 10.5. The Kier molecular flexibility index (Phi) is 5.85. The lowest BCUT2D eigenvalue weighted by Gasteiger charge is -2.28. The fourth-order valence-corrected chi connectivity index (χ4v) is 2.74. The zero-order chi connectivity index (χ0) is 16.1. The molecule has 4 nitrogen and oxygen atoms in total. The summed E-state index contributed by atoms with van der Waals surface area (Å²) in [5.74, 6) is -1.53. The third kappa shape index (κ3) is 4.01. The van der Waals surface area contributed by atoms with Crippen molar-refractivity contribution in [3.63, 3.8) is 0 Å². The number of carbonyl (C=O) groups excluding carboxylic acids is 1. The predicted molar refractivity (Wildman–Crippen MR) is 79.1 cm³/mol. The van der Waals surface area contributed by atoms with E-state index in [1.807, 2.05) is 6.92 Å². The molecule has 3 N–H and O–H groups in total. The largest absolute Gasteiger partial charge is 0.381 e. The molecule has 1 fully saturated rings. The van der Waals surface area contributed by atoms with Gasteiger partial charge in [-0.2, -0.15) is 0 Å². The summed E-state index contributed by atoms with van der Waals surface area (Å²) in [6.07, 6.45) is 1.99. The summed E-state index contributed by atoms with van der Waals surface area (Å²) >= 11 is 0. The summed E-state index contributed by atoms with van der Waals surface area (Å²) in [6.45, 7) is 3.04. The van der Waals surface area contributed by atoms with Crippen LogP contribution in [0, 0.1) is 17.6 Å². The molecule has 2 atom stereocenters. The molecule has 1 amide bonds. The Morgan fingerprint density at radius 2 is 2.09 bits per heavy atom. The average Bonchev–Trinajstić information content (AvgIpc) is 2.53. The summed E-state index contributed by atoms with van der Waals surface area (Å²) in [7, 11) is 0. The molecule has 6 heteroatoms. The lowest BCUT2D eigenvalue weighted by Crippen LogP contribution is -2.48. The van der Waals surface area contributed by atoms with Crippen molar-refractivity contribution < 1.29 is 18.3 Å². The van der Waals surface area contributed by atoms with Crippen LogP contribution in [0.4, 0.5) is 8.78 Å².